The summed E-state index contributed by atoms with van der Waals surface area (Å²) in [5.74, 6) is 0. The summed E-state index contributed by atoms with van der Waals surface area (Å²) in [6.45, 7) is 5.64. The Morgan fingerprint density at radius 3 is 3.00 bits per heavy atom. The van der Waals surface area contributed by atoms with Crippen molar-refractivity contribution in [2.45, 2.75) is 39.2 Å². The van der Waals surface area contributed by atoms with Crippen LogP contribution in [0.15, 0.2) is 16.8 Å². The second-order valence-corrected chi connectivity index (χ2v) is 4.32. The van der Waals surface area contributed by atoms with Crippen LogP contribution in [0.2, 0.25) is 0 Å². The van der Waals surface area contributed by atoms with Gasteiger partial charge in [0.25, 0.3) is 0 Å². The SMILES string of the molecule is CCCCNC(C)Cc1ccsc1. The average molecular weight is 197 g/mol. The highest BCUT2D eigenvalue weighted by Gasteiger charge is 2.01. The van der Waals surface area contributed by atoms with E-state index in [1.165, 1.54) is 18.4 Å². The molecule has 1 nitrogen and oxygen atoms in total. The molecule has 0 saturated carbocycles. The smallest absolute Gasteiger partial charge is 0.00794 e. The third kappa shape index (κ3) is 4.44. The summed E-state index contributed by atoms with van der Waals surface area (Å²) in [5, 5.41) is 7.91. The van der Waals surface area contributed by atoms with Gasteiger partial charge >= 0.3 is 0 Å². The van der Waals surface area contributed by atoms with Gasteiger partial charge in [-0.05, 0) is 48.7 Å². The van der Waals surface area contributed by atoms with E-state index in [9.17, 15) is 0 Å². The Morgan fingerprint density at radius 2 is 2.38 bits per heavy atom. The van der Waals surface area contributed by atoms with Crippen molar-refractivity contribution in [1.82, 2.24) is 5.32 Å². The standard InChI is InChI=1S/C11H19NS/c1-3-4-6-12-10(2)8-11-5-7-13-9-11/h5,7,9-10,12H,3-4,6,8H2,1-2H3. The van der Waals surface area contributed by atoms with Gasteiger partial charge in [-0.15, -0.1) is 0 Å². The third-order valence-electron chi connectivity index (χ3n) is 2.15. The number of unbranched alkanes of at least 4 members (excludes halogenated alkanes) is 1. The summed E-state index contributed by atoms with van der Waals surface area (Å²) in [6, 6.07) is 2.82. The van der Waals surface area contributed by atoms with E-state index < -0.39 is 0 Å². The molecule has 0 aromatic carbocycles. The van der Waals surface area contributed by atoms with Gasteiger partial charge in [0.15, 0.2) is 0 Å². The largest absolute Gasteiger partial charge is 0.314 e. The first kappa shape index (κ1) is 10.7. The van der Waals surface area contributed by atoms with Gasteiger partial charge in [-0.2, -0.15) is 11.3 Å². The molecule has 74 valence electrons. The lowest BCUT2D eigenvalue weighted by Gasteiger charge is -2.12. The van der Waals surface area contributed by atoms with Crippen LogP contribution in [0, 0.1) is 0 Å². The van der Waals surface area contributed by atoms with Crippen LogP contribution in [0.3, 0.4) is 0 Å². The molecule has 2 heteroatoms. The van der Waals surface area contributed by atoms with Crippen molar-refractivity contribution >= 4 is 11.3 Å². The molecular formula is C11H19NS. The second kappa shape index (κ2) is 6.17. The Hall–Kier alpha value is -0.340. The van der Waals surface area contributed by atoms with Crippen LogP contribution in [-0.2, 0) is 6.42 Å². The summed E-state index contributed by atoms with van der Waals surface area (Å²) in [4.78, 5) is 0. The lowest BCUT2D eigenvalue weighted by Crippen LogP contribution is -2.28. The molecule has 0 aliphatic rings. The van der Waals surface area contributed by atoms with Gasteiger partial charge in [0.1, 0.15) is 0 Å². The highest BCUT2D eigenvalue weighted by atomic mass is 32.1. The minimum absolute atomic E-state index is 0.612. The summed E-state index contributed by atoms with van der Waals surface area (Å²) in [7, 11) is 0. The Kier molecular flexibility index (Phi) is 5.09. The zero-order chi connectivity index (χ0) is 9.52. The molecule has 1 heterocycles. The molecule has 0 amide bonds. The minimum atomic E-state index is 0.612. The lowest BCUT2D eigenvalue weighted by atomic mass is 10.1. The Bertz CT molecular complexity index is 206. The maximum Gasteiger partial charge on any atom is 0.00794 e. The molecule has 1 N–H and O–H groups in total. The van der Waals surface area contributed by atoms with E-state index in [2.05, 4.69) is 36.0 Å². The van der Waals surface area contributed by atoms with Crippen molar-refractivity contribution < 1.29 is 0 Å². The summed E-state index contributed by atoms with van der Waals surface area (Å²) < 4.78 is 0. The molecule has 1 atom stereocenters. The van der Waals surface area contributed by atoms with Crippen molar-refractivity contribution in [2.24, 2.45) is 0 Å². The fraction of sp³-hybridized carbons (Fsp3) is 0.636. The second-order valence-electron chi connectivity index (χ2n) is 3.54. The monoisotopic (exact) mass is 197 g/mol. The van der Waals surface area contributed by atoms with Gasteiger partial charge in [0.05, 0.1) is 0 Å². The van der Waals surface area contributed by atoms with Crippen molar-refractivity contribution in [1.29, 1.82) is 0 Å². The fourth-order valence-electron chi connectivity index (χ4n) is 1.36. The average Bonchev–Trinajstić information content (AvgIpc) is 2.57. The summed E-state index contributed by atoms with van der Waals surface area (Å²) in [6.07, 6.45) is 3.72. The van der Waals surface area contributed by atoms with E-state index in [1.807, 2.05) is 0 Å². The van der Waals surface area contributed by atoms with Gasteiger partial charge in [-0.25, -0.2) is 0 Å². The van der Waals surface area contributed by atoms with Gasteiger partial charge in [-0.1, -0.05) is 13.3 Å². The van der Waals surface area contributed by atoms with Crippen LogP contribution in [0.1, 0.15) is 32.3 Å². The Labute approximate surface area is 85.2 Å². The van der Waals surface area contributed by atoms with Gasteiger partial charge in [-0.3, -0.25) is 0 Å². The highest BCUT2D eigenvalue weighted by Crippen LogP contribution is 2.08. The molecule has 0 bridgehead atoms. The van der Waals surface area contributed by atoms with Crippen LogP contribution < -0.4 is 5.32 Å². The predicted molar refractivity (Wildman–Crippen MR) is 60.4 cm³/mol. The molecular weight excluding hydrogens is 178 g/mol. The van der Waals surface area contributed by atoms with E-state index in [0.717, 1.165) is 13.0 Å². The maximum absolute atomic E-state index is 3.53. The molecule has 0 saturated heterocycles. The zero-order valence-corrected chi connectivity index (χ0v) is 9.36. The molecule has 13 heavy (non-hydrogen) atoms. The van der Waals surface area contributed by atoms with Crippen LogP contribution in [0.4, 0.5) is 0 Å². The highest BCUT2D eigenvalue weighted by molar-refractivity contribution is 7.07. The Morgan fingerprint density at radius 1 is 1.54 bits per heavy atom. The molecule has 1 rings (SSSR count). The van der Waals surface area contributed by atoms with Crippen LogP contribution in [-0.4, -0.2) is 12.6 Å². The number of thiophene rings is 1. The van der Waals surface area contributed by atoms with Gasteiger partial charge < -0.3 is 5.32 Å². The first-order valence-electron chi connectivity index (χ1n) is 5.07. The minimum Gasteiger partial charge on any atom is -0.314 e. The molecule has 0 radical (unpaired) electrons. The Balaban J connectivity index is 2.14. The van der Waals surface area contributed by atoms with Crippen LogP contribution >= 0.6 is 11.3 Å². The van der Waals surface area contributed by atoms with Crippen LogP contribution in [0.25, 0.3) is 0 Å². The van der Waals surface area contributed by atoms with Crippen molar-refractivity contribution in [3.8, 4) is 0 Å². The number of rotatable bonds is 6. The van der Waals surface area contributed by atoms with Crippen LogP contribution in [0.5, 0.6) is 0 Å². The van der Waals surface area contributed by atoms with E-state index in [4.69, 9.17) is 0 Å². The zero-order valence-electron chi connectivity index (χ0n) is 8.55. The summed E-state index contributed by atoms with van der Waals surface area (Å²) in [5.41, 5.74) is 1.46. The molecule has 0 fully saturated rings. The molecule has 1 aromatic rings. The first-order chi connectivity index (χ1) is 6.33. The molecule has 1 unspecified atom stereocenters. The number of hydrogen-bond donors (Lipinski definition) is 1. The van der Waals surface area contributed by atoms with E-state index in [-0.39, 0.29) is 0 Å². The normalized spacial score (nSPS) is 13.1. The number of hydrogen-bond acceptors (Lipinski definition) is 2. The topological polar surface area (TPSA) is 12.0 Å². The predicted octanol–water partition coefficient (Wildman–Crippen LogP) is 3.07. The molecule has 0 spiro atoms. The van der Waals surface area contributed by atoms with E-state index in [1.54, 1.807) is 11.3 Å². The van der Waals surface area contributed by atoms with E-state index in [0.29, 0.717) is 6.04 Å². The quantitative estimate of drug-likeness (QED) is 0.691. The van der Waals surface area contributed by atoms with Gasteiger partial charge in [0, 0.05) is 6.04 Å². The fourth-order valence-corrected chi connectivity index (χ4v) is 2.04. The summed E-state index contributed by atoms with van der Waals surface area (Å²) >= 11 is 1.78. The molecule has 1 aromatic heterocycles. The number of nitrogens with one attached hydrogen (secondary N) is 1. The van der Waals surface area contributed by atoms with E-state index >= 15 is 0 Å². The molecule has 0 aliphatic heterocycles. The van der Waals surface area contributed by atoms with Crippen molar-refractivity contribution in [3.63, 3.8) is 0 Å². The van der Waals surface area contributed by atoms with Crippen molar-refractivity contribution in [3.05, 3.63) is 22.4 Å². The maximum atomic E-state index is 3.53. The third-order valence-corrected chi connectivity index (χ3v) is 2.88. The first-order valence-corrected chi connectivity index (χ1v) is 6.01. The molecule has 0 aliphatic carbocycles. The lowest BCUT2D eigenvalue weighted by molar-refractivity contribution is 0.531. The van der Waals surface area contributed by atoms with Crippen molar-refractivity contribution in [2.75, 3.05) is 6.54 Å². The van der Waals surface area contributed by atoms with Gasteiger partial charge in [0.2, 0.25) is 0 Å².